The quantitative estimate of drug-likeness (QED) is 0.935. The van der Waals surface area contributed by atoms with Crippen molar-refractivity contribution in [2.75, 3.05) is 6.54 Å². The van der Waals surface area contributed by atoms with Gasteiger partial charge in [0.1, 0.15) is 5.71 Å². The first-order valence-corrected chi connectivity index (χ1v) is 8.26. The molecule has 0 aliphatic carbocycles. The molecule has 0 saturated heterocycles. The molecule has 5 nitrogen and oxygen atoms in total. The van der Waals surface area contributed by atoms with Crippen LogP contribution in [0.4, 0.5) is 0 Å². The van der Waals surface area contributed by atoms with Crippen molar-refractivity contribution in [1.82, 2.24) is 4.90 Å². The summed E-state index contributed by atoms with van der Waals surface area (Å²) in [6.07, 6.45) is 0. The Labute approximate surface area is 146 Å². The van der Waals surface area contributed by atoms with Gasteiger partial charge in [0.15, 0.2) is 5.71 Å². The third-order valence-corrected chi connectivity index (χ3v) is 4.24. The van der Waals surface area contributed by atoms with Crippen LogP contribution in [0, 0.1) is 0 Å². The van der Waals surface area contributed by atoms with Gasteiger partial charge in [-0.05, 0) is 12.5 Å². The minimum Gasteiger partial charge on any atom is -0.326 e. The molecule has 1 unspecified atom stereocenters. The molecular weight excluding hydrogens is 312 g/mol. The minimum atomic E-state index is -0.139. The number of amides is 1. The van der Waals surface area contributed by atoms with Crippen LogP contribution in [0.1, 0.15) is 18.1 Å². The third kappa shape index (κ3) is 2.58. The molecular formula is C20H18N4O. The molecule has 5 heteroatoms. The molecule has 0 fully saturated rings. The topological polar surface area (TPSA) is 71.0 Å². The Morgan fingerprint density at radius 1 is 0.920 bits per heavy atom. The van der Waals surface area contributed by atoms with E-state index in [-0.39, 0.29) is 11.9 Å². The smallest absolute Gasteiger partial charge is 0.279 e. The van der Waals surface area contributed by atoms with E-state index in [1.807, 2.05) is 67.6 Å². The summed E-state index contributed by atoms with van der Waals surface area (Å²) in [6, 6.07) is 19.5. The Kier molecular flexibility index (Phi) is 3.78. The minimum absolute atomic E-state index is 0.138. The van der Waals surface area contributed by atoms with Crippen molar-refractivity contribution in [3.8, 4) is 0 Å². The first-order valence-electron chi connectivity index (χ1n) is 8.26. The lowest BCUT2D eigenvalue weighted by atomic mass is 9.97. The average molecular weight is 330 g/mol. The van der Waals surface area contributed by atoms with Crippen molar-refractivity contribution >= 4 is 23.0 Å². The van der Waals surface area contributed by atoms with E-state index in [1.54, 1.807) is 4.90 Å². The van der Waals surface area contributed by atoms with E-state index in [0.29, 0.717) is 12.3 Å². The first-order chi connectivity index (χ1) is 12.2. The number of hydrogen-bond acceptors (Lipinski definition) is 4. The van der Waals surface area contributed by atoms with Gasteiger partial charge in [0.2, 0.25) is 0 Å². The molecule has 2 N–H and O–H groups in total. The molecule has 4 rings (SSSR count). The molecule has 1 amide bonds. The van der Waals surface area contributed by atoms with E-state index >= 15 is 0 Å². The fourth-order valence-electron chi connectivity index (χ4n) is 3.21. The molecule has 1 atom stereocenters. The average Bonchev–Trinajstić information content (AvgIpc) is 3.16. The van der Waals surface area contributed by atoms with Crippen LogP contribution >= 0.6 is 0 Å². The number of nitrogens with zero attached hydrogens (tertiary/aromatic N) is 3. The molecule has 2 heterocycles. The number of nitrogens with two attached hydrogens (primary N) is 1. The summed E-state index contributed by atoms with van der Waals surface area (Å²) in [6.45, 7) is 2.33. The molecule has 2 aromatic rings. The molecule has 25 heavy (non-hydrogen) atoms. The Morgan fingerprint density at radius 3 is 2.08 bits per heavy atom. The second kappa shape index (κ2) is 6.11. The maximum absolute atomic E-state index is 12.9. The van der Waals surface area contributed by atoms with Crippen LogP contribution < -0.4 is 5.73 Å². The summed E-state index contributed by atoms with van der Waals surface area (Å²) in [4.78, 5) is 14.6. The molecule has 0 saturated carbocycles. The molecule has 0 spiro atoms. The predicted octanol–water partition coefficient (Wildman–Crippen LogP) is 2.45. The summed E-state index contributed by atoms with van der Waals surface area (Å²) in [5.74, 6) is -0.138. The zero-order valence-corrected chi connectivity index (χ0v) is 13.9. The van der Waals surface area contributed by atoms with Gasteiger partial charge in [0, 0.05) is 18.2 Å². The van der Waals surface area contributed by atoms with Crippen molar-refractivity contribution in [1.29, 1.82) is 0 Å². The van der Waals surface area contributed by atoms with Crippen LogP contribution in [0.15, 0.2) is 76.4 Å². The highest BCUT2D eigenvalue weighted by Crippen LogP contribution is 2.35. The Morgan fingerprint density at radius 2 is 1.48 bits per heavy atom. The zero-order chi connectivity index (χ0) is 17.4. The number of carbonyl (C=O) groups excluding carboxylic acids is 1. The fourth-order valence-corrected chi connectivity index (χ4v) is 3.21. The lowest BCUT2D eigenvalue weighted by Gasteiger charge is -2.22. The van der Waals surface area contributed by atoms with E-state index in [9.17, 15) is 4.79 Å². The van der Waals surface area contributed by atoms with Crippen molar-refractivity contribution in [2.24, 2.45) is 15.9 Å². The number of carbonyl (C=O) groups is 1. The van der Waals surface area contributed by atoms with E-state index in [2.05, 4.69) is 10.2 Å². The van der Waals surface area contributed by atoms with Gasteiger partial charge >= 0.3 is 0 Å². The maximum atomic E-state index is 12.9. The van der Waals surface area contributed by atoms with Gasteiger partial charge in [-0.15, -0.1) is 10.2 Å². The van der Waals surface area contributed by atoms with E-state index in [1.165, 1.54) is 0 Å². The van der Waals surface area contributed by atoms with E-state index in [4.69, 9.17) is 5.73 Å². The van der Waals surface area contributed by atoms with Crippen LogP contribution in [0.3, 0.4) is 0 Å². The number of fused-ring (bicyclic) bond motifs is 1. The largest absolute Gasteiger partial charge is 0.326 e. The van der Waals surface area contributed by atoms with Crippen LogP contribution in [-0.4, -0.2) is 34.8 Å². The molecule has 0 radical (unpaired) electrons. The molecule has 124 valence electrons. The van der Waals surface area contributed by atoms with Crippen LogP contribution in [0.2, 0.25) is 0 Å². The summed E-state index contributed by atoms with van der Waals surface area (Å²) < 4.78 is 0. The summed E-state index contributed by atoms with van der Waals surface area (Å²) in [5.41, 5.74) is 10.7. The van der Waals surface area contributed by atoms with Crippen molar-refractivity contribution in [3.05, 3.63) is 77.4 Å². The standard InChI is InChI=1S/C20H18N4O/c1-13(21)12-24-19(15-10-6-3-7-11-15)16-17(14-8-4-2-5-9-14)22-23-18(16)20(24)25/h2-11,13H,12,21H2,1H3. The third-order valence-electron chi connectivity index (χ3n) is 4.24. The van der Waals surface area contributed by atoms with E-state index < -0.39 is 0 Å². The maximum Gasteiger partial charge on any atom is 0.279 e. The second-order valence-electron chi connectivity index (χ2n) is 6.25. The number of benzene rings is 2. The highest BCUT2D eigenvalue weighted by atomic mass is 16.2. The molecule has 0 bridgehead atoms. The SMILES string of the molecule is CC(N)CN1C(=O)C2=NN=C(c3ccccc3)C2=C1c1ccccc1. The van der Waals surface area contributed by atoms with Crippen LogP contribution in [0.5, 0.6) is 0 Å². The van der Waals surface area contributed by atoms with Gasteiger partial charge < -0.3 is 10.6 Å². The van der Waals surface area contributed by atoms with Gasteiger partial charge in [0.05, 0.1) is 11.3 Å². The van der Waals surface area contributed by atoms with Crippen molar-refractivity contribution in [3.63, 3.8) is 0 Å². The van der Waals surface area contributed by atoms with Crippen LogP contribution in [0.25, 0.3) is 5.70 Å². The van der Waals surface area contributed by atoms with Crippen LogP contribution in [-0.2, 0) is 4.79 Å². The predicted molar refractivity (Wildman–Crippen MR) is 99.1 cm³/mol. The summed E-state index contributed by atoms with van der Waals surface area (Å²) >= 11 is 0. The number of hydrogen-bond donors (Lipinski definition) is 1. The summed E-state index contributed by atoms with van der Waals surface area (Å²) in [5, 5.41) is 8.48. The van der Waals surface area contributed by atoms with E-state index in [0.717, 1.165) is 28.1 Å². The zero-order valence-electron chi connectivity index (χ0n) is 13.9. The van der Waals surface area contributed by atoms with Crippen molar-refractivity contribution < 1.29 is 4.79 Å². The normalized spacial score (nSPS) is 17.5. The Balaban J connectivity index is 1.90. The molecule has 2 aliphatic rings. The number of rotatable bonds is 4. The molecule has 0 aromatic heterocycles. The first kappa shape index (κ1) is 15.5. The Bertz CT molecular complexity index is 911. The monoisotopic (exact) mass is 330 g/mol. The summed E-state index contributed by atoms with van der Waals surface area (Å²) in [7, 11) is 0. The van der Waals surface area contributed by atoms with Gasteiger partial charge in [-0.3, -0.25) is 4.79 Å². The molecule has 2 aliphatic heterocycles. The fraction of sp³-hybridized carbons (Fsp3) is 0.150. The van der Waals surface area contributed by atoms with Gasteiger partial charge in [-0.2, -0.15) is 0 Å². The Hall–Kier alpha value is -3.05. The van der Waals surface area contributed by atoms with Crippen molar-refractivity contribution in [2.45, 2.75) is 13.0 Å². The lowest BCUT2D eigenvalue weighted by Crippen LogP contribution is -2.37. The highest BCUT2D eigenvalue weighted by Gasteiger charge is 2.42. The molecule has 2 aromatic carbocycles. The van der Waals surface area contributed by atoms with Gasteiger partial charge in [-0.25, -0.2) is 0 Å². The van der Waals surface area contributed by atoms with Gasteiger partial charge in [0.25, 0.3) is 5.91 Å². The second-order valence-corrected chi connectivity index (χ2v) is 6.25. The van der Waals surface area contributed by atoms with Gasteiger partial charge in [-0.1, -0.05) is 60.7 Å². The highest BCUT2D eigenvalue weighted by molar-refractivity contribution is 6.60. The lowest BCUT2D eigenvalue weighted by molar-refractivity contribution is -0.120.